The molecule has 132 valence electrons. The summed E-state index contributed by atoms with van der Waals surface area (Å²) in [5.41, 5.74) is 4.16. The first kappa shape index (κ1) is 16.0. The number of anilines is 1. The SMILES string of the molecule is c1nc(NCCc2ccc3sccc3c2)cc(-c2ccc3occc3c2)n1. The lowest BCUT2D eigenvalue weighted by molar-refractivity contribution is 0.616. The highest BCUT2D eigenvalue weighted by Crippen LogP contribution is 2.25. The van der Waals surface area contributed by atoms with E-state index in [1.54, 1.807) is 23.9 Å². The molecule has 0 aliphatic carbocycles. The lowest BCUT2D eigenvalue weighted by Crippen LogP contribution is -2.06. The second kappa shape index (κ2) is 6.85. The van der Waals surface area contributed by atoms with E-state index in [1.165, 1.54) is 15.6 Å². The molecule has 5 aromatic rings. The summed E-state index contributed by atoms with van der Waals surface area (Å²) >= 11 is 1.78. The fourth-order valence-corrected chi connectivity index (χ4v) is 4.02. The van der Waals surface area contributed by atoms with Crippen LogP contribution in [0.3, 0.4) is 0 Å². The summed E-state index contributed by atoms with van der Waals surface area (Å²) in [5.74, 6) is 0.837. The standard InChI is InChI=1S/C22H17N3OS/c1-4-21-18(7-10-27-21)11-15(1)5-8-23-22-13-19(24-14-25-22)16-2-3-20-17(12-16)6-9-26-20/h1-4,6-7,9-14H,5,8H2,(H,23,24,25). The highest BCUT2D eigenvalue weighted by atomic mass is 32.1. The van der Waals surface area contributed by atoms with E-state index in [4.69, 9.17) is 4.42 Å². The fraction of sp³-hybridized carbons (Fsp3) is 0.0909. The van der Waals surface area contributed by atoms with Crippen LogP contribution in [0.15, 0.2) is 77.0 Å². The van der Waals surface area contributed by atoms with Gasteiger partial charge in [0.25, 0.3) is 0 Å². The van der Waals surface area contributed by atoms with Gasteiger partial charge in [0.2, 0.25) is 0 Å². The molecule has 0 spiro atoms. The number of nitrogens with zero attached hydrogens (tertiary/aromatic N) is 2. The Morgan fingerprint density at radius 2 is 1.93 bits per heavy atom. The molecular weight excluding hydrogens is 354 g/mol. The number of benzene rings is 2. The first-order chi connectivity index (χ1) is 13.3. The van der Waals surface area contributed by atoms with Gasteiger partial charge in [0.05, 0.1) is 12.0 Å². The third kappa shape index (κ3) is 3.29. The van der Waals surface area contributed by atoms with Crippen molar-refractivity contribution < 1.29 is 4.42 Å². The zero-order valence-corrected chi connectivity index (χ0v) is 15.4. The van der Waals surface area contributed by atoms with Crippen LogP contribution in [0.1, 0.15) is 5.56 Å². The van der Waals surface area contributed by atoms with Crippen LogP contribution >= 0.6 is 11.3 Å². The number of furan rings is 1. The average Bonchev–Trinajstić information content (AvgIpc) is 3.36. The molecule has 0 radical (unpaired) electrons. The van der Waals surface area contributed by atoms with E-state index in [-0.39, 0.29) is 0 Å². The molecule has 0 fully saturated rings. The summed E-state index contributed by atoms with van der Waals surface area (Å²) in [6.45, 7) is 0.826. The molecule has 4 nitrogen and oxygen atoms in total. The van der Waals surface area contributed by atoms with Crippen molar-refractivity contribution in [2.75, 3.05) is 11.9 Å². The van der Waals surface area contributed by atoms with E-state index in [0.29, 0.717) is 0 Å². The molecule has 0 unspecified atom stereocenters. The molecule has 0 amide bonds. The third-order valence-corrected chi connectivity index (χ3v) is 5.55. The molecule has 0 bridgehead atoms. The number of hydrogen-bond acceptors (Lipinski definition) is 5. The van der Waals surface area contributed by atoms with Crippen LogP contribution < -0.4 is 5.32 Å². The predicted octanol–water partition coefficient (Wildman–Crippen LogP) is 5.76. The maximum atomic E-state index is 5.40. The van der Waals surface area contributed by atoms with Crippen molar-refractivity contribution in [3.8, 4) is 11.3 Å². The Labute approximate surface area is 160 Å². The summed E-state index contributed by atoms with van der Waals surface area (Å²) in [6.07, 6.45) is 4.26. The van der Waals surface area contributed by atoms with Crippen molar-refractivity contribution in [1.82, 2.24) is 9.97 Å². The number of rotatable bonds is 5. The van der Waals surface area contributed by atoms with Crippen LogP contribution in [0.5, 0.6) is 0 Å². The smallest absolute Gasteiger partial charge is 0.133 e. The lowest BCUT2D eigenvalue weighted by atomic mass is 10.1. The first-order valence-corrected chi connectivity index (χ1v) is 9.73. The van der Waals surface area contributed by atoms with Crippen molar-refractivity contribution >= 4 is 38.2 Å². The molecule has 5 heteroatoms. The summed E-state index contributed by atoms with van der Waals surface area (Å²) in [7, 11) is 0. The van der Waals surface area contributed by atoms with Crippen LogP contribution in [0.2, 0.25) is 0 Å². The highest BCUT2D eigenvalue weighted by Gasteiger charge is 2.05. The molecule has 0 atom stereocenters. The van der Waals surface area contributed by atoms with Crippen molar-refractivity contribution in [2.45, 2.75) is 6.42 Å². The minimum atomic E-state index is 0.826. The second-order valence-corrected chi connectivity index (χ2v) is 7.38. The van der Waals surface area contributed by atoms with Gasteiger partial charge in [0.1, 0.15) is 17.7 Å². The fourth-order valence-electron chi connectivity index (χ4n) is 3.24. The molecule has 0 aliphatic rings. The van der Waals surface area contributed by atoms with Crippen molar-refractivity contribution in [1.29, 1.82) is 0 Å². The Balaban J connectivity index is 1.30. The summed E-state index contributed by atoms with van der Waals surface area (Å²) in [4.78, 5) is 8.77. The molecule has 2 aromatic carbocycles. The largest absolute Gasteiger partial charge is 0.464 e. The number of fused-ring (bicyclic) bond motifs is 2. The number of hydrogen-bond donors (Lipinski definition) is 1. The van der Waals surface area contributed by atoms with Gasteiger partial charge in [0.15, 0.2) is 0 Å². The molecule has 0 saturated carbocycles. The van der Waals surface area contributed by atoms with Gasteiger partial charge in [-0.25, -0.2) is 9.97 Å². The minimum absolute atomic E-state index is 0.826. The molecule has 3 heterocycles. The number of thiophene rings is 1. The zero-order chi connectivity index (χ0) is 18.1. The Hall–Kier alpha value is -3.18. The van der Waals surface area contributed by atoms with Gasteiger partial charge >= 0.3 is 0 Å². The molecule has 27 heavy (non-hydrogen) atoms. The van der Waals surface area contributed by atoms with Gasteiger partial charge in [-0.05, 0) is 59.1 Å². The van der Waals surface area contributed by atoms with E-state index >= 15 is 0 Å². The molecule has 3 aromatic heterocycles. The van der Waals surface area contributed by atoms with Gasteiger partial charge in [-0.15, -0.1) is 11.3 Å². The number of nitrogens with one attached hydrogen (secondary N) is 1. The van der Waals surface area contributed by atoms with Crippen LogP contribution in [0.4, 0.5) is 5.82 Å². The predicted molar refractivity (Wildman–Crippen MR) is 111 cm³/mol. The topological polar surface area (TPSA) is 51.0 Å². The zero-order valence-electron chi connectivity index (χ0n) is 14.6. The monoisotopic (exact) mass is 371 g/mol. The van der Waals surface area contributed by atoms with E-state index < -0.39 is 0 Å². The van der Waals surface area contributed by atoms with Gasteiger partial charge < -0.3 is 9.73 Å². The first-order valence-electron chi connectivity index (χ1n) is 8.85. The van der Waals surface area contributed by atoms with Crippen LogP contribution in [0.25, 0.3) is 32.3 Å². The number of aromatic nitrogens is 2. The van der Waals surface area contributed by atoms with E-state index in [1.807, 2.05) is 24.3 Å². The van der Waals surface area contributed by atoms with Gasteiger partial charge in [-0.1, -0.05) is 12.1 Å². The van der Waals surface area contributed by atoms with Crippen LogP contribution in [-0.4, -0.2) is 16.5 Å². The third-order valence-electron chi connectivity index (χ3n) is 4.65. The Kier molecular flexibility index (Phi) is 4.07. The average molecular weight is 371 g/mol. The molecule has 5 rings (SSSR count). The summed E-state index contributed by atoms with van der Waals surface area (Å²) in [6, 6.07) is 18.9. The maximum absolute atomic E-state index is 5.40. The Bertz CT molecular complexity index is 1220. The lowest BCUT2D eigenvalue weighted by Gasteiger charge is -2.08. The Morgan fingerprint density at radius 3 is 2.93 bits per heavy atom. The van der Waals surface area contributed by atoms with Gasteiger partial charge in [0, 0.05) is 28.3 Å². The van der Waals surface area contributed by atoms with Crippen LogP contribution in [-0.2, 0) is 6.42 Å². The molecule has 0 saturated heterocycles. The van der Waals surface area contributed by atoms with Gasteiger partial charge in [-0.2, -0.15) is 0 Å². The van der Waals surface area contributed by atoms with Gasteiger partial charge in [-0.3, -0.25) is 0 Å². The highest BCUT2D eigenvalue weighted by molar-refractivity contribution is 7.17. The molecule has 0 aliphatic heterocycles. The quantitative estimate of drug-likeness (QED) is 0.427. The van der Waals surface area contributed by atoms with E-state index in [0.717, 1.165) is 41.0 Å². The maximum Gasteiger partial charge on any atom is 0.133 e. The summed E-state index contributed by atoms with van der Waals surface area (Å²) < 4.78 is 6.74. The second-order valence-electron chi connectivity index (χ2n) is 6.43. The normalized spacial score (nSPS) is 11.3. The molecule has 1 N–H and O–H groups in total. The Morgan fingerprint density at radius 1 is 0.926 bits per heavy atom. The van der Waals surface area contributed by atoms with Crippen LogP contribution in [0, 0.1) is 0 Å². The van der Waals surface area contributed by atoms with E-state index in [2.05, 4.69) is 51.0 Å². The van der Waals surface area contributed by atoms with E-state index in [9.17, 15) is 0 Å². The minimum Gasteiger partial charge on any atom is -0.464 e. The summed E-state index contributed by atoms with van der Waals surface area (Å²) in [5, 5.41) is 7.93. The van der Waals surface area contributed by atoms with Crippen molar-refractivity contribution in [3.63, 3.8) is 0 Å². The molecular formula is C22H17N3OS. The van der Waals surface area contributed by atoms with Crippen molar-refractivity contribution in [3.05, 3.63) is 78.1 Å². The van der Waals surface area contributed by atoms with Crippen molar-refractivity contribution in [2.24, 2.45) is 0 Å².